The van der Waals surface area contributed by atoms with Gasteiger partial charge >= 0.3 is 0 Å². The van der Waals surface area contributed by atoms with Crippen LogP contribution in [0.15, 0.2) is 12.4 Å². The Morgan fingerprint density at radius 3 is 2.77 bits per heavy atom. The van der Waals surface area contributed by atoms with E-state index in [0.29, 0.717) is 6.04 Å². The summed E-state index contributed by atoms with van der Waals surface area (Å²) in [7, 11) is 0. The molecule has 1 aliphatic heterocycles. The van der Waals surface area contributed by atoms with E-state index in [0.717, 1.165) is 0 Å². The molecule has 0 fully saturated rings. The number of hydrogen-bond donors (Lipinski definition) is 1. The fourth-order valence-electron chi connectivity index (χ4n) is 1.45. The van der Waals surface area contributed by atoms with Crippen molar-refractivity contribution >= 4 is 6.20 Å². The van der Waals surface area contributed by atoms with E-state index >= 15 is 0 Å². The zero-order chi connectivity index (χ0) is 9.84. The molecule has 0 bridgehead atoms. The molecule has 0 saturated heterocycles. The molecule has 1 N–H and O–H groups in total. The molecule has 0 aromatic carbocycles. The number of nitrogens with one attached hydrogen (secondary N) is 1. The summed E-state index contributed by atoms with van der Waals surface area (Å²) in [5, 5.41) is 7.42. The van der Waals surface area contributed by atoms with Gasteiger partial charge in [-0.25, -0.2) is 4.68 Å². The minimum Gasteiger partial charge on any atom is -0.382 e. The second-order valence-corrected chi connectivity index (χ2v) is 2.86. The molecule has 72 valence electrons. The van der Waals surface area contributed by atoms with Crippen molar-refractivity contribution in [2.75, 3.05) is 0 Å². The van der Waals surface area contributed by atoms with Gasteiger partial charge in [0.25, 0.3) is 0 Å². The highest BCUT2D eigenvalue weighted by atomic mass is 15.3. The van der Waals surface area contributed by atoms with Crippen molar-refractivity contribution in [3.63, 3.8) is 0 Å². The van der Waals surface area contributed by atoms with E-state index in [1.165, 1.54) is 11.3 Å². The van der Waals surface area contributed by atoms with Gasteiger partial charge in [-0.1, -0.05) is 13.8 Å². The maximum Gasteiger partial charge on any atom is 0.0684 e. The number of hydrogen-bond acceptors (Lipinski definition) is 2. The van der Waals surface area contributed by atoms with Crippen molar-refractivity contribution < 1.29 is 0 Å². The summed E-state index contributed by atoms with van der Waals surface area (Å²) in [5.74, 6) is 0. The fourth-order valence-corrected chi connectivity index (χ4v) is 1.45. The van der Waals surface area contributed by atoms with Gasteiger partial charge in [0.2, 0.25) is 0 Å². The van der Waals surface area contributed by atoms with Gasteiger partial charge in [-0.2, -0.15) is 5.10 Å². The Morgan fingerprint density at radius 2 is 2.15 bits per heavy atom. The van der Waals surface area contributed by atoms with Gasteiger partial charge in [0, 0.05) is 12.4 Å². The summed E-state index contributed by atoms with van der Waals surface area (Å²) < 4.78 is 1.91. The van der Waals surface area contributed by atoms with E-state index in [1.54, 1.807) is 0 Å². The van der Waals surface area contributed by atoms with E-state index in [9.17, 15) is 0 Å². The van der Waals surface area contributed by atoms with Gasteiger partial charge in [-0.3, -0.25) is 0 Å². The minimum absolute atomic E-state index is 0.377. The molecule has 0 saturated carbocycles. The molecule has 0 aliphatic carbocycles. The normalized spacial score (nSPS) is 18.3. The van der Waals surface area contributed by atoms with E-state index in [4.69, 9.17) is 0 Å². The highest BCUT2D eigenvalue weighted by Gasteiger charge is 2.14. The van der Waals surface area contributed by atoms with Crippen molar-refractivity contribution in [2.45, 2.75) is 33.7 Å². The number of fused-ring (bicyclic) bond motifs is 1. The van der Waals surface area contributed by atoms with Crippen LogP contribution in [0.3, 0.4) is 0 Å². The SMILES string of the molecule is CC.Cc1cnn2c1C(C)NC=C2. The van der Waals surface area contributed by atoms with Gasteiger partial charge in [0.05, 0.1) is 17.9 Å². The van der Waals surface area contributed by atoms with Crippen LogP contribution >= 0.6 is 0 Å². The van der Waals surface area contributed by atoms with Crippen molar-refractivity contribution in [3.05, 3.63) is 23.7 Å². The van der Waals surface area contributed by atoms with Gasteiger partial charge in [0.15, 0.2) is 0 Å². The van der Waals surface area contributed by atoms with Crippen LogP contribution in [0.1, 0.15) is 38.1 Å². The molecule has 1 unspecified atom stereocenters. The Bertz CT molecular complexity index is 299. The molecule has 0 spiro atoms. The lowest BCUT2D eigenvalue weighted by Gasteiger charge is -2.17. The van der Waals surface area contributed by atoms with Crippen LogP contribution < -0.4 is 5.32 Å². The zero-order valence-electron chi connectivity index (χ0n) is 8.70. The summed E-state index contributed by atoms with van der Waals surface area (Å²) in [5.41, 5.74) is 2.50. The first-order valence-corrected chi connectivity index (χ1v) is 4.76. The maximum absolute atomic E-state index is 4.20. The molecular weight excluding hydrogens is 162 g/mol. The maximum atomic E-state index is 4.20. The smallest absolute Gasteiger partial charge is 0.0684 e. The molecule has 2 heterocycles. The Kier molecular flexibility index (Phi) is 3.12. The molecule has 13 heavy (non-hydrogen) atoms. The van der Waals surface area contributed by atoms with Crippen molar-refractivity contribution in [3.8, 4) is 0 Å². The second kappa shape index (κ2) is 4.12. The molecule has 2 rings (SSSR count). The standard InChI is InChI=1S/C8H11N3.C2H6/c1-6-5-10-11-4-3-9-7(2)8(6)11;1-2/h3-5,7,9H,1-2H3;1-2H3. The molecule has 3 heteroatoms. The fraction of sp³-hybridized carbons (Fsp3) is 0.500. The van der Waals surface area contributed by atoms with Gasteiger partial charge < -0.3 is 5.32 Å². The second-order valence-electron chi connectivity index (χ2n) is 2.86. The highest BCUT2D eigenvalue weighted by Crippen LogP contribution is 2.19. The third-order valence-electron chi connectivity index (χ3n) is 2.00. The van der Waals surface area contributed by atoms with Crippen LogP contribution in [0.4, 0.5) is 0 Å². The number of aromatic nitrogens is 2. The largest absolute Gasteiger partial charge is 0.382 e. The molecule has 1 atom stereocenters. The average Bonchev–Trinajstić information content (AvgIpc) is 2.53. The summed E-state index contributed by atoms with van der Waals surface area (Å²) in [6, 6.07) is 0.377. The predicted molar refractivity (Wildman–Crippen MR) is 55.2 cm³/mol. The van der Waals surface area contributed by atoms with E-state index in [2.05, 4.69) is 24.3 Å². The van der Waals surface area contributed by atoms with E-state index in [1.807, 2.05) is 37.1 Å². The van der Waals surface area contributed by atoms with Crippen LogP contribution in [0, 0.1) is 6.92 Å². The molecule has 0 radical (unpaired) electrons. The average molecular weight is 179 g/mol. The van der Waals surface area contributed by atoms with Gasteiger partial charge in [0.1, 0.15) is 0 Å². The quantitative estimate of drug-likeness (QED) is 0.662. The minimum atomic E-state index is 0.377. The van der Waals surface area contributed by atoms with Crippen LogP contribution in [0.2, 0.25) is 0 Å². The third kappa shape index (κ3) is 1.74. The monoisotopic (exact) mass is 179 g/mol. The van der Waals surface area contributed by atoms with Crippen molar-refractivity contribution in [1.29, 1.82) is 0 Å². The van der Waals surface area contributed by atoms with Crippen LogP contribution in [-0.2, 0) is 0 Å². The molecular formula is C10H17N3. The van der Waals surface area contributed by atoms with Gasteiger partial charge in [-0.15, -0.1) is 0 Å². The lowest BCUT2D eigenvalue weighted by atomic mass is 10.1. The van der Waals surface area contributed by atoms with Gasteiger partial charge in [-0.05, 0) is 19.4 Å². The van der Waals surface area contributed by atoms with Crippen LogP contribution in [0.25, 0.3) is 6.20 Å². The van der Waals surface area contributed by atoms with Crippen LogP contribution in [0.5, 0.6) is 0 Å². The lowest BCUT2D eigenvalue weighted by molar-refractivity contribution is 0.614. The molecule has 1 aromatic heterocycles. The van der Waals surface area contributed by atoms with E-state index < -0.39 is 0 Å². The Balaban J connectivity index is 0.000000396. The lowest BCUT2D eigenvalue weighted by Crippen LogP contribution is -2.20. The third-order valence-corrected chi connectivity index (χ3v) is 2.00. The summed E-state index contributed by atoms with van der Waals surface area (Å²) >= 11 is 0. The Labute approximate surface area is 79.5 Å². The van der Waals surface area contributed by atoms with E-state index in [-0.39, 0.29) is 0 Å². The Hall–Kier alpha value is -1.25. The zero-order valence-corrected chi connectivity index (χ0v) is 8.70. The Morgan fingerprint density at radius 1 is 1.46 bits per heavy atom. The summed E-state index contributed by atoms with van der Waals surface area (Å²) in [4.78, 5) is 0. The van der Waals surface area contributed by atoms with Crippen molar-refractivity contribution in [2.24, 2.45) is 0 Å². The first-order valence-electron chi connectivity index (χ1n) is 4.76. The number of nitrogens with zero attached hydrogens (tertiary/aromatic N) is 2. The molecule has 1 aliphatic rings. The highest BCUT2D eigenvalue weighted by molar-refractivity contribution is 5.34. The van der Waals surface area contributed by atoms with Crippen molar-refractivity contribution in [1.82, 2.24) is 15.1 Å². The molecule has 3 nitrogen and oxygen atoms in total. The topological polar surface area (TPSA) is 29.9 Å². The molecule has 1 aromatic rings. The summed E-state index contributed by atoms with van der Waals surface area (Å²) in [6.07, 6.45) is 5.75. The van der Waals surface area contributed by atoms with Crippen LogP contribution in [-0.4, -0.2) is 9.78 Å². The number of rotatable bonds is 0. The first-order chi connectivity index (χ1) is 6.29. The predicted octanol–water partition coefficient (Wildman–Crippen LogP) is 2.31. The molecule has 0 amide bonds. The number of aryl methyl sites for hydroxylation is 1. The summed E-state index contributed by atoms with van der Waals surface area (Å²) in [6.45, 7) is 8.21. The first kappa shape index (κ1) is 9.84.